The van der Waals surface area contributed by atoms with E-state index >= 15 is 0 Å². The van der Waals surface area contributed by atoms with E-state index in [2.05, 4.69) is 27.0 Å². The van der Waals surface area contributed by atoms with Gasteiger partial charge in [0.25, 0.3) is 5.91 Å². The van der Waals surface area contributed by atoms with Crippen LogP contribution in [0.25, 0.3) is 5.65 Å². The van der Waals surface area contributed by atoms with Crippen LogP contribution in [0.5, 0.6) is 0 Å². The molecule has 0 aliphatic rings. The van der Waals surface area contributed by atoms with Gasteiger partial charge in [0.1, 0.15) is 5.65 Å². The normalized spacial score (nSPS) is 11.4. The summed E-state index contributed by atoms with van der Waals surface area (Å²) in [4.78, 5) is 21.5. The summed E-state index contributed by atoms with van der Waals surface area (Å²) < 4.78 is 2.01. The number of unbranched alkanes of at least 4 members (excludes halogenated alkanes) is 1. The molecule has 144 valence electrons. The molecular weight excluding hydrogens is 340 g/mol. The molecule has 0 aromatic carbocycles. The predicted octanol–water partition coefficient (Wildman–Crippen LogP) is 2.87. The zero-order valence-corrected chi connectivity index (χ0v) is 16.6. The van der Waals surface area contributed by atoms with Gasteiger partial charge in [0.15, 0.2) is 5.69 Å². The van der Waals surface area contributed by atoms with E-state index in [1.807, 2.05) is 55.9 Å². The van der Waals surface area contributed by atoms with E-state index in [-0.39, 0.29) is 5.91 Å². The van der Waals surface area contributed by atoms with Crippen molar-refractivity contribution in [2.45, 2.75) is 39.8 Å². The molecule has 0 spiro atoms. The van der Waals surface area contributed by atoms with E-state index in [0.29, 0.717) is 18.8 Å². The molecule has 3 aromatic rings. The molecule has 0 unspecified atom stereocenters. The van der Waals surface area contributed by atoms with Crippen molar-refractivity contribution in [2.75, 3.05) is 20.6 Å². The number of rotatable bonds is 8. The quantitative estimate of drug-likeness (QED) is 0.664. The van der Waals surface area contributed by atoms with Gasteiger partial charge in [-0.2, -0.15) is 5.10 Å². The molecule has 0 saturated carbocycles. The number of amides is 1. The van der Waals surface area contributed by atoms with Crippen LogP contribution in [0.15, 0.2) is 30.5 Å². The summed E-state index contributed by atoms with van der Waals surface area (Å²) in [5.41, 5.74) is 4.26. The Morgan fingerprint density at radius 2 is 2.07 bits per heavy atom. The van der Waals surface area contributed by atoms with E-state index in [9.17, 15) is 4.79 Å². The van der Waals surface area contributed by atoms with Crippen molar-refractivity contribution >= 4 is 11.6 Å². The second kappa shape index (κ2) is 8.35. The molecule has 3 aromatic heterocycles. The Morgan fingerprint density at radius 1 is 1.26 bits per heavy atom. The number of aromatic nitrogens is 4. The summed E-state index contributed by atoms with van der Waals surface area (Å²) in [7, 11) is 3.88. The lowest BCUT2D eigenvalue weighted by Gasteiger charge is -2.19. The van der Waals surface area contributed by atoms with Crippen molar-refractivity contribution in [3.05, 3.63) is 53.2 Å². The Hall–Kier alpha value is -2.67. The smallest absolute Gasteiger partial charge is 0.274 e. The van der Waals surface area contributed by atoms with Crippen LogP contribution in [0, 0.1) is 6.92 Å². The van der Waals surface area contributed by atoms with Crippen LogP contribution in [0.3, 0.4) is 0 Å². The SMILES string of the molecule is CCCCN(C)C(=O)c1nc2ccccn2c1CN(C)Cc1cc(C)[nH]n1. The maximum atomic E-state index is 13.0. The van der Waals surface area contributed by atoms with Gasteiger partial charge < -0.3 is 9.30 Å². The number of aromatic amines is 1. The molecule has 1 N–H and O–H groups in total. The van der Waals surface area contributed by atoms with E-state index in [0.717, 1.165) is 42.1 Å². The fourth-order valence-electron chi connectivity index (χ4n) is 3.19. The van der Waals surface area contributed by atoms with Gasteiger partial charge in [-0.05, 0) is 38.6 Å². The lowest BCUT2D eigenvalue weighted by molar-refractivity contribution is 0.0786. The van der Waals surface area contributed by atoms with Gasteiger partial charge in [-0.3, -0.25) is 14.8 Å². The Morgan fingerprint density at radius 3 is 2.78 bits per heavy atom. The highest BCUT2D eigenvalue weighted by Gasteiger charge is 2.22. The minimum Gasteiger partial charge on any atom is -0.340 e. The highest BCUT2D eigenvalue weighted by molar-refractivity contribution is 5.94. The third-order valence-electron chi connectivity index (χ3n) is 4.64. The first-order valence-electron chi connectivity index (χ1n) is 9.40. The number of hydrogen-bond donors (Lipinski definition) is 1. The van der Waals surface area contributed by atoms with Crippen LogP contribution >= 0.6 is 0 Å². The number of fused-ring (bicyclic) bond motifs is 1. The molecule has 7 heteroatoms. The topological polar surface area (TPSA) is 69.5 Å². The summed E-state index contributed by atoms with van der Waals surface area (Å²) >= 11 is 0. The molecule has 0 saturated heterocycles. The van der Waals surface area contributed by atoms with Crippen molar-refractivity contribution in [1.82, 2.24) is 29.4 Å². The maximum Gasteiger partial charge on any atom is 0.274 e. The molecule has 3 rings (SSSR count). The van der Waals surface area contributed by atoms with Crippen LogP contribution in [0.2, 0.25) is 0 Å². The number of carbonyl (C=O) groups is 1. The first-order chi connectivity index (χ1) is 13.0. The first-order valence-corrected chi connectivity index (χ1v) is 9.40. The van der Waals surface area contributed by atoms with Crippen molar-refractivity contribution in [1.29, 1.82) is 0 Å². The van der Waals surface area contributed by atoms with Gasteiger partial charge >= 0.3 is 0 Å². The average molecular weight is 368 g/mol. The largest absolute Gasteiger partial charge is 0.340 e. The van der Waals surface area contributed by atoms with E-state index in [1.165, 1.54) is 0 Å². The lowest BCUT2D eigenvalue weighted by Crippen LogP contribution is -2.30. The standard InChI is InChI=1S/C20H28N6O/c1-5-6-10-25(4)20(27)19-17(26-11-8-7-9-18(26)21-19)14-24(3)13-16-12-15(2)22-23-16/h7-9,11-12H,5-6,10,13-14H2,1-4H3,(H,22,23). The number of pyridine rings is 1. The summed E-state index contributed by atoms with van der Waals surface area (Å²) in [6, 6.07) is 7.88. The fourth-order valence-corrected chi connectivity index (χ4v) is 3.19. The molecule has 3 heterocycles. The molecule has 0 aliphatic carbocycles. The Kier molecular flexibility index (Phi) is 5.91. The lowest BCUT2D eigenvalue weighted by atomic mass is 10.2. The first kappa shape index (κ1) is 19.1. The number of H-pyrrole nitrogens is 1. The number of hydrogen-bond acceptors (Lipinski definition) is 4. The van der Waals surface area contributed by atoms with E-state index < -0.39 is 0 Å². The van der Waals surface area contributed by atoms with Crippen molar-refractivity contribution in [3.8, 4) is 0 Å². The van der Waals surface area contributed by atoms with Gasteiger partial charge in [-0.1, -0.05) is 19.4 Å². The molecule has 1 amide bonds. The Labute approximate surface area is 160 Å². The third-order valence-corrected chi connectivity index (χ3v) is 4.64. The van der Waals surface area contributed by atoms with Gasteiger partial charge in [0.05, 0.1) is 11.4 Å². The minimum atomic E-state index is -0.0221. The number of aryl methyl sites for hydroxylation is 1. The molecular formula is C20H28N6O. The fraction of sp³-hybridized carbons (Fsp3) is 0.450. The number of nitrogens with zero attached hydrogens (tertiary/aromatic N) is 5. The highest BCUT2D eigenvalue weighted by atomic mass is 16.2. The van der Waals surface area contributed by atoms with Crippen molar-refractivity contribution in [2.24, 2.45) is 0 Å². The van der Waals surface area contributed by atoms with E-state index in [1.54, 1.807) is 4.90 Å². The van der Waals surface area contributed by atoms with Crippen molar-refractivity contribution < 1.29 is 4.79 Å². The number of carbonyl (C=O) groups excluding carboxylic acids is 1. The molecule has 27 heavy (non-hydrogen) atoms. The van der Waals surface area contributed by atoms with Crippen LogP contribution in [-0.4, -0.2) is 55.9 Å². The molecule has 0 radical (unpaired) electrons. The summed E-state index contributed by atoms with van der Waals surface area (Å²) in [6.07, 6.45) is 4.01. The van der Waals surface area contributed by atoms with Crippen LogP contribution in [-0.2, 0) is 13.1 Å². The monoisotopic (exact) mass is 368 g/mol. The Balaban J connectivity index is 1.87. The second-order valence-electron chi connectivity index (χ2n) is 7.13. The predicted molar refractivity (Wildman–Crippen MR) is 106 cm³/mol. The summed E-state index contributed by atoms with van der Waals surface area (Å²) in [5.74, 6) is -0.0221. The summed E-state index contributed by atoms with van der Waals surface area (Å²) in [5, 5.41) is 7.27. The van der Waals surface area contributed by atoms with Crippen LogP contribution in [0.4, 0.5) is 0 Å². The highest BCUT2D eigenvalue weighted by Crippen LogP contribution is 2.17. The zero-order chi connectivity index (χ0) is 19.4. The number of nitrogens with one attached hydrogen (secondary N) is 1. The molecule has 0 fully saturated rings. The minimum absolute atomic E-state index is 0.0221. The van der Waals surface area contributed by atoms with Gasteiger partial charge in [-0.15, -0.1) is 0 Å². The van der Waals surface area contributed by atoms with Gasteiger partial charge in [0, 0.05) is 38.6 Å². The molecule has 0 aliphatic heterocycles. The van der Waals surface area contributed by atoms with Gasteiger partial charge in [-0.25, -0.2) is 4.98 Å². The van der Waals surface area contributed by atoms with Gasteiger partial charge in [0.2, 0.25) is 0 Å². The molecule has 0 atom stereocenters. The van der Waals surface area contributed by atoms with Crippen LogP contribution < -0.4 is 0 Å². The maximum absolute atomic E-state index is 13.0. The molecule has 0 bridgehead atoms. The second-order valence-corrected chi connectivity index (χ2v) is 7.13. The number of imidazole rings is 1. The van der Waals surface area contributed by atoms with Crippen LogP contribution in [0.1, 0.15) is 47.3 Å². The molecule has 7 nitrogen and oxygen atoms in total. The van der Waals surface area contributed by atoms with E-state index in [4.69, 9.17) is 0 Å². The zero-order valence-electron chi connectivity index (χ0n) is 16.6. The van der Waals surface area contributed by atoms with Crippen molar-refractivity contribution in [3.63, 3.8) is 0 Å². The third kappa shape index (κ3) is 4.36. The summed E-state index contributed by atoms with van der Waals surface area (Å²) in [6.45, 7) is 6.17. The average Bonchev–Trinajstić information content (AvgIpc) is 3.22. The Bertz CT molecular complexity index is 912.